The number of nitrogens with one attached hydrogen (secondary N) is 1. The standard InChI is InChI=1S/C21H14Cl2F2N2OS2/c22-13-4-9-17(23)16(12-13)19(28)18(27-10-2-1-3-11-27)20(29)26-14-5-7-15(8-6-14)30-21(24)25/h1-12,21H,(H-,26,28,29)/p+1. The number of aliphatic hydroxyl groups excluding tert-OH is 1. The van der Waals surface area contributed by atoms with Crippen molar-refractivity contribution in [2.45, 2.75) is 10.7 Å². The van der Waals surface area contributed by atoms with Crippen LogP contribution in [0.15, 0.2) is 78.0 Å². The van der Waals surface area contributed by atoms with Crippen LogP contribution in [0.2, 0.25) is 10.0 Å². The Labute approximate surface area is 192 Å². The van der Waals surface area contributed by atoms with E-state index < -0.39 is 5.76 Å². The molecule has 3 nitrogen and oxygen atoms in total. The Morgan fingerprint density at radius 1 is 1.03 bits per heavy atom. The molecule has 2 N–H and O–H groups in total. The molecule has 2 aromatic carbocycles. The number of pyridine rings is 1. The lowest BCUT2D eigenvalue weighted by Gasteiger charge is -2.11. The molecule has 154 valence electrons. The molecule has 0 saturated heterocycles. The van der Waals surface area contributed by atoms with E-state index in [0.717, 1.165) is 0 Å². The fourth-order valence-electron chi connectivity index (χ4n) is 2.61. The first-order valence-corrected chi connectivity index (χ1v) is 10.6. The Hall–Kier alpha value is -2.19. The van der Waals surface area contributed by atoms with E-state index in [1.54, 1.807) is 71.6 Å². The molecule has 3 aromatic rings. The summed E-state index contributed by atoms with van der Waals surface area (Å²) in [6.07, 6.45) is 3.45. The van der Waals surface area contributed by atoms with Crippen molar-refractivity contribution in [3.8, 4) is 0 Å². The average molecular weight is 484 g/mol. The van der Waals surface area contributed by atoms with Crippen molar-refractivity contribution in [3.05, 3.63) is 88.7 Å². The summed E-state index contributed by atoms with van der Waals surface area (Å²) in [4.78, 5) is 0.636. The minimum atomic E-state index is -2.49. The summed E-state index contributed by atoms with van der Waals surface area (Å²) in [5.41, 5.74) is 1.18. The lowest BCUT2D eigenvalue weighted by Crippen LogP contribution is -2.38. The topological polar surface area (TPSA) is 36.1 Å². The molecule has 0 atom stereocenters. The monoisotopic (exact) mass is 483 g/mol. The van der Waals surface area contributed by atoms with Gasteiger partial charge in [0.05, 0.1) is 5.02 Å². The number of alkyl halides is 2. The number of halogens is 4. The van der Waals surface area contributed by atoms with Crippen LogP contribution >= 0.6 is 47.2 Å². The van der Waals surface area contributed by atoms with Gasteiger partial charge in [0, 0.05) is 33.3 Å². The quantitative estimate of drug-likeness (QED) is 0.131. The minimum absolute atomic E-state index is 0.166. The third-order valence-electron chi connectivity index (χ3n) is 3.93. The van der Waals surface area contributed by atoms with E-state index in [9.17, 15) is 13.9 Å². The van der Waals surface area contributed by atoms with Gasteiger partial charge in [0.2, 0.25) is 5.76 Å². The van der Waals surface area contributed by atoms with Crippen molar-refractivity contribution in [1.82, 2.24) is 0 Å². The van der Waals surface area contributed by atoms with Gasteiger partial charge in [0.1, 0.15) is 0 Å². The third-order valence-corrected chi connectivity index (χ3v) is 5.52. The first-order chi connectivity index (χ1) is 14.3. The molecule has 0 saturated carbocycles. The second-order valence-corrected chi connectivity index (χ2v) is 8.28. The van der Waals surface area contributed by atoms with Gasteiger partial charge in [0.15, 0.2) is 17.4 Å². The van der Waals surface area contributed by atoms with Gasteiger partial charge in [-0.25, -0.2) is 0 Å². The Morgan fingerprint density at radius 2 is 1.70 bits per heavy atom. The number of benzene rings is 2. The molecular formula is C21H15Cl2F2N2OS2+. The van der Waals surface area contributed by atoms with Gasteiger partial charge in [-0.15, -0.1) is 0 Å². The van der Waals surface area contributed by atoms with E-state index in [1.165, 1.54) is 0 Å². The van der Waals surface area contributed by atoms with Crippen molar-refractivity contribution < 1.29 is 18.5 Å². The fraction of sp³-hybridized carbons (Fsp3) is 0.0476. The summed E-state index contributed by atoms with van der Waals surface area (Å²) in [6.45, 7) is 0. The normalized spacial score (nSPS) is 11.9. The number of nitrogens with zero attached hydrogens (tertiary/aromatic N) is 1. The van der Waals surface area contributed by atoms with Gasteiger partial charge in [-0.3, -0.25) is 0 Å². The van der Waals surface area contributed by atoms with Crippen LogP contribution in [0, 0.1) is 0 Å². The molecule has 9 heteroatoms. The first kappa shape index (κ1) is 22.5. The largest absolute Gasteiger partial charge is 0.502 e. The van der Waals surface area contributed by atoms with E-state index in [-0.39, 0.29) is 16.4 Å². The van der Waals surface area contributed by atoms with Gasteiger partial charge < -0.3 is 10.4 Å². The average Bonchev–Trinajstić information content (AvgIpc) is 2.72. The van der Waals surface area contributed by atoms with Gasteiger partial charge in [-0.1, -0.05) is 53.2 Å². The van der Waals surface area contributed by atoms with Crippen LogP contribution < -0.4 is 9.88 Å². The van der Waals surface area contributed by atoms with E-state index >= 15 is 0 Å². The molecule has 1 aromatic heterocycles. The minimum Gasteiger partial charge on any atom is -0.502 e. The molecule has 0 unspecified atom stereocenters. The van der Waals surface area contributed by atoms with Crippen LogP contribution in [-0.2, 0) is 0 Å². The van der Waals surface area contributed by atoms with Gasteiger partial charge >= 0.3 is 0 Å². The number of aromatic nitrogens is 1. The second kappa shape index (κ2) is 10.2. The SMILES string of the molecule is OC(=C(C(=S)Nc1ccc(SC(F)F)cc1)[n+]1ccccc1)c1cc(Cl)ccc1Cl. The molecule has 0 bridgehead atoms. The summed E-state index contributed by atoms with van der Waals surface area (Å²) in [5, 5.41) is 14.8. The number of anilines is 1. The number of thiocarbonyl (C=S) groups is 1. The lowest BCUT2D eigenvalue weighted by molar-refractivity contribution is -0.575. The predicted molar refractivity (Wildman–Crippen MR) is 123 cm³/mol. The summed E-state index contributed by atoms with van der Waals surface area (Å²) in [6, 6.07) is 16.5. The smallest absolute Gasteiger partial charge is 0.288 e. The highest BCUT2D eigenvalue weighted by molar-refractivity contribution is 7.99. The number of hydrogen-bond acceptors (Lipinski definition) is 3. The van der Waals surface area contributed by atoms with Crippen molar-refractivity contribution in [1.29, 1.82) is 0 Å². The van der Waals surface area contributed by atoms with E-state index in [2.05, 4.69) is 5.32 Å². The van der Waals surface area contributed by atoms with Crippen molar-refractivity contribution >= 4 is 69.3 Å². The summed E-state index contributed by atoms with van der Waals surface area (Å²) < 4.78 is 26.7. The Balaban J connectivity index is 1.99. The maximum absolute atomic E-state index is 12.5. The van der Waals surface area contributed by atoms with Crippen LogP contribution in [0.25, 0.3) is 11.5 Å². The van der Waals surface area contributed by atoms with Gasteiger partial charge in [0.25, 0.3) is 11.5 Å². The molecule has 0 fully saturated rings. The maximum Gasteiger partial charge on any atom is 0.288 e. The first-order valence-electron chi connectivity index (χ1n) is 8.56. The van der Waals surface area contributed by atoms with Gasteiger partial charge in [-0.05, 0) is 42.5 Å². The summed E-state index contributed by atoms with van der Waals surface area (Å²) in [5.74, 6) is -2.66. The lowest BCUT2D eigenvalue weighted by atomic mass is 10.1. The van der Waals surface area contributed by atoms with E-state index in [4.69, 9.17) is 35.4 Å². The summed E-state index contributed by atoms with van der Waals surface area (Å²) >= 11 is 18.3. The van der Waals surface area contributed by atoms with Crippen LogP contribution in [0.4, 0.5) is 14.5 Å². The van der Waals surface area contributed by atoms with Crippen molar-refractivity contribution in [3.63, 3.8) is 0 Å². The molecule has 0 spiro atoms. The third kappa shape index (κ3) is 5.70. The zero-order valence-electron chi connectivity index (χ0n) is 15.2. The van der Waals surface area contributed by atoms with E-state index in [0.29, 0.717) is 38.0 Å². The molecule has 1 heterocycles. The van der Waals surface area contributed by atoms with E-state index in [1.807, 2.05) is 6.07 Å². The summed E-state index contributed by atoms with van der Waals surface area (Å²) in [7, 11) is 0. The zero-order valence-corrected chi connectivity index (χ0v) is 18.4. The molecule has 3 rings (SSSR count). The Kier molecular flexibility index (Phi) is 7.66. The molecule has 0 aliphatic carbocycles. The number of aliphatic hydroxyl groups is 1. The van der Waals surface area contributed by atoms with Crippen LogP contribution in [-0.4, -0.2) is 15.9 Å². The highest BCUT2D eigenvalue weighted by Gasteiger charge is 2.25. The molecular weight excluding hydrogens is 469 g/mol. The van der Waals surface area contributed by atoms with Crippen LogP contribution in [0.1, 0.15) is 5.56 Å². The molecule has 0 amide bonds. The number of thioether (sulfide) groups is 1. The molecule has 0 aliphatic heterocycles. The Morgan fingerprint density at radius 3 is 2.33 bits per heavy atom. The molecule has 0 radical (unpaired) electrons. The van der Waals surface area contributed by atoms with Crippen molar-refractivity contribution in [2.24, 2.45) is 0 Å². The van der Waals surface area contributed by atoms with Crippen molar-refractivity contribution in [2.75, 3.05) is 5.32 Å². The highest BCUT2D eigenvalue weighted by atomic mass is 35.5. The van der Waals surface area contributed by atoms with Crippen LogP contribution in [0.5, 0.6) is 0 Å². The predicted octanol–water partition coefficient (Wildman–Crippen LogP) is 6.92. The zero-order chi connectivity index (χ0) is 21.7. The number of hydrogen-bond donors (Lipinski definition) is 2. The second-order valence-electron chi connectivity index (χ2n) is 5.96. The maximum atomic E-state index is 12.5. The Bertz CT molecular complexity index is 1080. The molecule has 30 heavy (non-hydrogen) atoms. The molecule has 0 aliphatic rings. The van der Waals surface area contributed by atoms with Crippen LogP contribution in [0.3, 0.4) is 0 Å². The fourth-order valence-corrected chi connectivity index (χ4v) is 3.81. The van der Waals surface area contributed by atoms with Gasteiger partial charge in [-0.2, -0.15) is 13.3 Å². The number of rotatable bonds is 6. The highest BCUT2D eigenvalue weighted by Crippen LogP contribution is 2.29.